The summed E-state index contributed by atoms with van der Waals surface area (Å²) in [6.07, 6.45) is -5.08. The van der Waals surface area contributed by atoms with Gasteiger partial charge in [-0.25, -0.2) is 12.8 Å². The molecule has 0 aromatic heterocycles. The van der Waals surface area contributed by atoms with Crippen LogP contribution in [0.5, 0.6) is 0 Å². The molecule has 1 aromatic carbocycles. The number of hydrogen-bond acceptors (Lipinski definition) is 3. The van der Waals surface area contributed by atoms with Gasteiger partial charge in [-0.15, -0.1) is 0 Å². The Kier molecular flexibility index (Phi) is 4.18. The number of carboxylic acids is 1. The molecule has 0 spiro atoms. The number of aliphatic carboxylic acids is 1. The van der Waals surface area contributed by atoms with Crippen LogP contribution in [0.15, 0.2) is 23.1 Å². The predicted molar refractivity (Wildman–Crippen MR) is 70.5 cm³/mol. The molecule has 0 aliphatic carbocycles. The predicted octanol–water partition coefficient (Wildman–Crippen LogP) is 2.33. The van der Waals surface area contributed by atoms with Crippen LogP contribution in [-0.4, -0.2) is 36.9 Å². The zero-order chi connectivity index (χ0) is 17.6. The quantitative estimate of drug-likeness (QED) is 0.845. The van der Waals surface area contributed by atoms with Crippen molar-refractivity contribution in [1.29, 1.82) is 0 Å². The molecule has 1 saturated heterocycles. The molecular weight excluding hydrogens is 342 g/mol. The van der Waals surface area contributed by atoms with Crippen molar-refractivity contribution in [3.63, 3.8) is 0 Å². The van der Waals surface area contributed by atoms with Crippen LogP contribution in [0.1, 0.15) is 18.9 Å². The van der Waals surface area contributed by atoms with E-state index in [1.807, 2.05) is 0 Å². The number of sulfonamides is 1. The normalized spacial score (nSPS) is 23.2. The van der Waals surface area contributed by atoms with Gasteiger partial charge in [0.25, 0.3) is 0 Å². The Bertz CT molecular complexity index is 747. The molecule has 1 unspecified atom stereocenters. The van der Waals surface area contributed by atoms with E-state index in [-0.39, 0.29) is 19.0 Å². The molecule has 5 nitrogen and oxygen atoms in total. The smallest absolute Gasteiger partial charge is 0.417 e. The molecule has 2 rings (SSSR count). The van der Waals surface area contributed by atoms with Crippen LogP contribution in [0.4, 0.5) is 17.6 Å². The third-order valence-corrected chi connectivity index (χ3v) is 5.72. The molecule has 0 bridgehead atoms. The van der Waals surface area contributed by atoms with E-state index in [0.29, 0.717) is 16.4 Å². The Morgan fingerprint density at radius 3 is 2.43 bits per heavy atom. The Morgan fingerprint density at radius 2 is 1.96 bits per heavy atom. The molecule has 0 amide bonds. The maximum atomic E-state index is 13.1. The number of alkyl halides is 3. The van der Waals surface area contributed by atoms with Gasteiger partial charge in [0.05, 0.1) is 15.9 Å². The van der Waals surface area contributed by atoms with Gasteiger partial charge in [0.1, 0.15) is 5.82 Å². The van der Waals surface area contributed by atoms with Crippen molar-refractivity contribution in [2.75, 3.05) is 13.1 Å². The lowest BCUT2D eigenvalue weighted by Gasteiger charge is -2.22. The summed E-state index contributed by atoms with van der Waals surface area (Å²) >= 11 is 0. The van der Waals surface area contributed by atoms with Crippen LogP contribution in [0.25, 0.3) is 0 Å². The third kappa shape index (κ3) is 3.18. The van der Waals surface area contributed by atoms with Crippen molar-refractivity contribution in [2.24, 2.45) is 5.41 Å². The molecule has 0 saturated carbocycles. The van der Waals surface area contributed by atoms with Gasteiger partial charge in [0.2, 0.25) is 10.0 Å². The van der Waals surface area contributed by atoms with Crippen molar-refractivity contribution in [1.82, 2.24) is 4.31 Å². The van der Waals surface area contributed by atoms with Gasteiger partial charge < -0.3 is 5.11 Å². The highest BCUT2D eigenvalue weighted by Gasteiger charge is 2.47. The monoisotopic (exact) mass is 355 g/mol. The number of carbonyl (C=O) groups is 1. The summed E-state index contributed by atoms with van der Waals surface area (Å²) in [6.45, 7) is 0.652. The first-order chi connectivity index (χ1) is 10.4. The minimum absolute atomic E-state index is 0.0237. The van der Waals surface area contributed by atoms with Gasteiger partial charge in [-0.1, -0.05) is 0 Å². The summed E-state index contributed by atoms with van der Waals surface area (Å²) in [5, 5.41) is 9.10. The highest BCUT2D eigenvalue weighted by molar-refractivity contribution is 7.89. The fraction of sp³-hybridized carbons (Fsp3) is 0.462. The fourth-order valence-corrected chi connectivity index (χ4v) is 4.14. The Hall–Kier alpha value is -1.68. The van der Waals surface area contributed by atoms with Gasteiger partial charge in [-0.2, -0.15) is 17.5 Å². The fourth-order valence-electron chi connectivity index (χ4n) is 2.39. The molecule has 1 fully saturated rings. The van der Waals surface area contributed by atoms with Gasteiger partial charge in [-0.3, -0.25) is 4.79 Å². The zero-order valence-electron chi connectivity index (χ0n) is 11.9. The summed E-state index contributed by atoms with van der Waals surface area (Å²) in [5.74, 6) is -2.45. The van der Waals surface area contributed by atoms with E-state index in [1.165, 1.54) is 6.92 Å². The number of rotatable bonds is 3. The molecule has 10 heteroatoms. The number of nitrogens with zero attached hydrogens (tertiary/aromatic N) is 1. The molecule has 1 atom stereocenters. The largest absolute Gasteiger partial charge is 0.481 e. The molecule has 1 aliphatic heterocycles. The van der Waals surface area contributed by atoms with Gasteiger partial charge in [0.15, 0.2) is 0 Å². The average Bonchev–Trinajstić information content (AvgIpc) is 2.82. The Morgan fingerprint density at radius 1 is 1.35 bits per heavy atom. The standard InChI is InChI=1S/C13H13F4NO4S/c1-12(11(19)20)4-5-18(7-12)23(21,22)10-3-2-8(14)6-9(10)13(15,16)17/h2-3,6H,4-5,7H2,1H3,(H,19,20). The highest BCUT2D eigenvalue weighted by atomic mass is 32.2. The van der Waals surface area contributed by atoms with E-state index in [9.17, 15) is 30.8 Å². The van der Waals surface area contributed by atoms with Gasteiger partial charge in [0, 0.05) is 13.1 Å². The lowest BCUT2D eigenvalue weighted by atomic mass is 9.90. The molecular formula is C13H13F4NO4S. The van der Waals surface area contributed by atoms with E-state index in [2.05, 4.69) is 0 Å². The maximum absolute atomic E-state index is 13.1. The van der Waals surface area contributed by atoms with Crippen LogP contribution in [-0.2, 0) is 21.0 Å². The van der Waals surface area contributed by atoms with Crippen LogP contribution >= 0.6 is 0 Å². The highest BCUT2D eigenvalue weighted by Crippen LogP contribution is 2.39. The van der Waals surface area contributed by atoms with Crippen molar-refractivity contribution >= 4 is 16.0 Å². The van der Waals surface area contributed by atoms with Crippen molar-refractivity contribution in [3.05, 3.63) is 29.6 Å². The second-order valence-corrected chi connectivity index (χ2v) is 7.50. The zero-order valence-corrected chi connectivity index (χ0v) is 12.7. The van der Waals surface area contributed by atoms with E-state index < -0.39 is 50.4 Å². The SMILES string of the molecule is CC1(C(=O)O)CCN(S(=O)(=O)c2ccc(F)cc2C(F)(F)F)C1. The van der Waals surface area contributed by atoms with Crippen LogP contribution in [0, 0.1) is 11.2 Å². The average molecular weight is 355 g/mol. The van der Waals surface area contributed by atoms with Gasteiger partial charge >= 0.3 is 12.1 Å². The number of hydrogen-bond donors (Lipinski definition) is 1. The molecule has 1 aromatic rings. The topological polar surface area (TPSA) is 74.7 Å². The summed E-state index contributed by atoms with van der Waals surface area (Å²) in [6, 6.07) is 1.28. The van der Waals surface area contributed by atoms with Crippen LogP contribution in [0.3, 0.4) is 0 Å². The first kappa shape index (κ1) is 17.7. The Balaban J connectivity index is 2.48. The van der Waals surface area contributed by atoms with E-state index in [0.717, 1.165) is 0 Å². The molecule has 1 N–H and O–H groups in total. The third-order valence-electron chi connectivity index (χ3n) is 3.82. The molecule has 1 heterocycles. The van der Waals surface area contributed by atoms with Crippen molar-refractivity contribution in [3.8, 4) is 0 Å². The summed E-state index contributed by atoms with van der Waals surface area (Å²) in [4.78, 5) is 10.1. The minimum Gasteiger partial charge on any atom is -0.481 e. The Labute approximate surface area is 129 Å². The molecule has 128 valence electrons. The summed E-state index contributed by atoms with van der Waals surface area (Å²) < 4.78 is 77.6. The number of carboxylic acid groups (broad SMARTS) is 1. The molecule has 23 heavy (non-hydrogen) atoms. The van der Waals surface area contributed by atoms with E-state index in [4.69, 9.17) is 5.11 Å². The molecule has 0 radical (unpaired) electrons. The number of halogens is 4. The first-order valence-corrected chi connectivity index (χ1v) is 7.92. The summed E-state index contributed by atoms with van der Waals surface area (Å²) in [5.41, 5.74) is -2.98. The van der Waals surface area contributed by atoms with Crippen molar-refractivity contribution in [2.45, 2.75) is 24.4 Å². The second kappa shape index (κ2) is 5.45. The minimum atomic E-state index is -5.06. The van der Waals surface area contributed by atoms with Crippen molar-refractivity contribution < 1.29 is 35.9 Å². The lowest BCUT2D eigenvalue weighted by Crippen LogP contribution is -2.35. The van der Waals surface area contributed by atoms with Crippen LogP contribution in [0.2, 0.25) is 0 Å². The van der Waals surface area contributed by atoms with Crippen LogP contribution < -0.4 is 0 Å². The first-order valence-electron chi connectivity index (χ1n) is 6.48. The summed E-state index contributed by atoms with van der Waals surface area (Å²) in [7, 11) is -4.59. The second-order valence-electron chi connectivity index (χ2n) is 5.59. The maximum Gasteiger partial charge on any atom is 0.417 e. The van der Waals surface area contributed by atoms with Gasteiger partial charge in [-0.05, 0) is 31.5 Å². The lowest BCUT2D eigenvalue weighted by molar-refractivity contribution is -0.147. The number of benzene rings is 1. The van der Waals surface area contributed by atoms with E-state index in [1.54, 1.807) is 0 Å². The van der Waals surface area contributed by atoms with E-state index >= 15 is 0 Å². The molecule has 1 aliphatic rings.